The first kappa shape index (κ1) is 23.4. The lowest BCUT2D eigenvalue weighted by Crippen LogP contribution is -2.30. The number of anilines is 1. The second kappa shape index (κ2) is 10.4. The molecule has 2 aromatic carbocycles. The average molecular weight is 458 g/mol. The number of carbonyl (C=O) groups is 1. The van der Waals surface area contributed by atoms with Crippen LogP contribution < -0.4 is 10.1 Å². The Balaban J connectivity index is 1.83. The number of carbonyl (C=O) groups excluding carboxylic acids is 1. The van der Waals surface area contributed by atoms with Gasteiger partial charge in [0.05, 0.1) is 23.7 Å². The highest BCUT2D eigenvalue weighted by Crippen LogP contribution is 2.30. The van der Waals surface area contributed by atoms with Crippen molar-refractivity contribution in [1.82, 2.24) is 19.1 Å². The summed E-state index contributed by atoms with van der Waals surface area (Å²) < 4.78 is 34.4. The van der Waals surface area contributed by atoms with E-state index in [1.807, 2.05) is 19.1 Å². The van der Waals surface area contributed by atoms with Crippen LogP contribution in [-0.4, -0.2) is 53.1 Å². The minimum Gasteiger partial charge on any atom is -0.492 e. The first-order valence-corrected chi connectivity index (χ1v) is 11.8. The molecule has 9 nitrogen and oxygen atoms in total. The van der Waals surface area contributed by atoms with E-state index in [-0.39, 0.29) is 10.8 Å². The van der Waals surface area contributed by atoms with Gasteiger partial charge in [0.1, 0.15) is 18.4 Å². The molecule has 0 fully saturated rings. The van der Waals surface area contributed by atoms with Crippen LogP contribution in [0.15, 0.2) is 60.0 Å². The minimum atomic E-state index is -3.67. The van der Waals surface area contributed by atoms with Gasteiger partial charge in [0.15, 0.2) is 0 Å². The van der Waals surface area contributed by atoms with Crippen LogP contribution in [0.25, 0.3) is 0 Å². The molecule has 0 radical (unpaired) electrons. The topological polar surface area (TPSA) is 106 Å². The van der Waals surface area contributed by atoms with Crippen molar-refractivity contribution in [2.75, 3.05) is 25.0 Å². The van der Waals surface area contributed by atoms with Crippen LogP contribution in [0.2, 0.25) is 0 Å². The molecule has 0 saturated carbocycles. The van der Waals surface area contributed by atoms with Gasteiger partial charge >= 0.3 is 0 Å². The number of aromatic nitrogens is 3. The lowest BCUT2D eigenvalue weighted by molar-refractivity contribution is 0.102. The third-order valence-corrected chi connectivity index (χ3v) is 6.92. The van der Waals surface area contributed by atoms with Crippen LogP contribution in [0.4, 0.5) is 5.69 Å². The number of ether oxygens (including phenoxy) is 1. The SMILES string of the molecule is CCOc1ccc(S(=O)(=O)N(CC)CC)cc1NC(=O)c1ccc(Cn2cncn2)cc1. The second-order valence-electron chi connectivity index (χ2n) is 6.92. The van der Waals surface area contributed by atoms with Crippen LogP contribution in [-0.2, 0) is 16.6 Å². The van der Waals surface area contributed by atoms with Crippen molar-refractivity contribution in [3.8, 4) is 5.75 Å². The van der Waals surface area contributed by atoms with Crippen LogP contribution in [0.3, 0.4) is 0 Å². The van der Waals surface area contributed by atoms with Gasteiger partial charge in [-0.15, -0.1) is 0 Å². The lowest BCUT2D eigenvalue weighted by Gasteiger charge is -2.20. The van der Waals surface area contributed by atoms with Crippen molar-refractivity contribution in [1.29, 1.82) is 0 Å². The summed E-state index contributed by atoms with van der Waals surface area (Å²) >= 11 is 0. The smallest absolute Gasteiger partial charge is 0.255 e. The van der Waals surface area contributed by atoms with E-state index >= 15 is 0 Å². The third-order valence-electron chi connectivity index (χ3n) is 4.87. The number of hydrogen-bond acceptors (Lipinski definition) is 6. The van der Waals surface area contributed by atoms with E-state index in [0.717, 1.165) is 5.56 Å². The number of benzene rings is 2. The van der Waals surface area contributed by atoms with Crippen LogP contribution in [0.5, 0.6) is 5.75 Å². The summed E-state index contributed by atoms with van der Waals surface area (Å²) in [5.74, 6) is 0.0396. The fourth-order valence-electron chi connectivity index (χ4n) is 3.22. The van der Waals surface area contributed by atoms with Crippen LogP contribution in [0.1, 0.15) is 36.7 Å². The van der Waals surface area contributed by atoms with E-state index in [1.54, 1.807) is 43.1 Å². The molecule has 0 aliphatic carbocycles. The highest BCUT2D eigenvalue weighted by atomic mass is 32.2. The zero-order valence-electron chi connectivity index (χ0n) is 18.4. The quantitative estimate of drug-likeness (QED) is 0.502. The maximum Gasteiger partial charge on any atom is 0.255 e. The molecule has 3 rings (SSSR count). The fraction of sp³-hybridized carbons (Fsp3) is 0.318. The first-order valence-electron chi connectivity index (χ1n) is 10.4. The van der Waals surface area contributed by atoms with Gasteiger partial charge in [-0.2, -0.15) is 9.40 Å². The normalized spacial score (nSPS) is 11.5. The summed E-state index contributed by atoms with van der Waals surface area (Å²) in [5, 5.41) is 6.85. The van der Waals surface area contributed by atoms with E-state index < -0.39 is 10.0 Å². The fourth-order valence-corrected chi connectivity index (χ4v) is 4.70. The molecular formula is C22H27N5O4S. The largest absolute Gasteiger partial charge is 0.492 e. The standard InChI is InChI=1S/C22H27N5O4S/c1-4-27(5-2)32(29,30)19-11-12-21(31-6-3)20(13-19)25-22(28)18-9-7-17(8-10-18)14-26-16-23-15-24-26/h7-13,15-16H,4-6,14H2,1-3H3,(H,25,28). The average Bonchev–Trinajstić information content (AvgIpc) is 3.29. The van der Waals surface area contributed by atoms with Gasteiger partial charge in [0.25, 0.3) is 5.91 Å². The molecule has 32 heavy (non-hydrogen) atoms. The Labute approximate surface area is 188 Å². The molecule has 3 aromatic rings. The van der Waals surface area contributed by atoms with Gasteiger partial charge in [-0.25, -0.2) is 18.1 Å². The number of amides is 1. The van der Waals surface area contributed by atoms with Gasteiger partial charge in [0.2, 0.25) is 10.0 Å². The Morgan fingerprint density at radius 3 is 2.41 bits per heavy atom. The molecule has 0 spiro atoms. The molecule has 1 N–H and O–H groups in total. The van der Waals surface area contributed by atoms with E-state index in [9.17, 15) is 13.2 Å². The number of nitrogens with one attached hydrogen (secondary N) is 1. The van der Waals surface area contributed by atoms with Gasteiger partial charge in [-0.1, -0.05) is 26.0 Å². The van der Waals surface area contributed by atoms with E-state index in [2.05, 4.69) is 15.4 Å². The Morgan fingerprint density at radius 1 is 1.09 bits per heavy atom. The van der Waals surface area contributed by atoms with E-state index in [0.29, 0.717) is 43.2 Å². The molecule has 0 aliphatic rings. The van der Waals surface area contributed by atoms with Gasteiger partial charge in [0, 0.05) is 18.7 Å². The molecule has 0 saturated heterocycles. The van der Waals surface area contributed by atoms with Crippen molar-refractivity contribution >= 4 is 21.6 Å². The van der Waals surface area contributed by atoms with Crippen LogP contribution in [0, 0.1) is 0 Å². The number of nitrogens with zero attached hydrogens (tertiary/aromatic N) is 4. The van der Waals surface area contributed by atoms with Crippen molar-refractivity contribution in [2.24, 2.45) is 0 Å². The Bertz CT molecular complexity index is 1140. The van der Waals surface area contributed by atoms with Gasteiger partial charge < -0.3 is 10.1 Å². The third kappa shape index (κ3) is 5.32. The monoisotopic (exact) mass is 457 g/mol. The number of rotatable bonds is 10. The Hall–Kier alpha value is -3.24. The number of sulfonamides is 1. The van der Waals surface area contributed by atoms with E-state index in [4.69, 9.17) is 4.74 Å². The molecule has 0 atom stereocenters. The number of hydrogen-bond donors (Lipinski definition) is 1. The van der Waals surface area contributed by atoms with E-state index in [1.165, 1.54) is 22.8 Å². The predicted molar refractivity (Wildman–Crippen MR) is 121 cm³/mol. The van der Waals surface area contributed by atoms with Crippen molar-refractivity contribution in [2.45, 2.75) is 32.2 Å². The lowest BCUT2D eigenvalue weighted by atomic mass is 10.1. The molecule has 0 aliphatic heterocycles. The summed E-state index contributed by atoms with van der Waals surface area (Å²) in [6.07, 6.45) is 3.08. The highest BCUT2D eigenvalue weighted by Gasteiger charge is 2.23. The molecule has 10 heteroatoms. The highest BCUT2D eigenvalue weighted by molar-refractivity contribution is 7.89. The summed E-state index contributed by atoms with van der Waals surface area (Å²) in [7, 11) is -3.67. The maximum atomic E-state index is 12.9. The summed E-state index contributed by atoms with van der Waals surface area (Å²) in [5.41, 5.74) is 1.71. The molecular weight excluding hydrogens is 430 g/mol. The predicted octanol–water partition coefficient (Wildman–Crippen LogP) is 3.01. The minimum absolute atomic E-state index is 0.100. The molecule has 1 amide bonds. The molecule has 170 valence electrons. The van der Waals surface area contributed by atoms with Crippen LogP contribution >= 0.6 is 0 Å². The Kier molecular flexibility index (Phi) is 7.60. The van der Waals surface area contributed by atoms with Gasteiger partial charge in [-0.05, 0) is 42.8 Å². The molecule has 1 aromatic heterocycles. The maximum absolute atomic E-state index is 12.9. The molecule has 0 bridgehead atoms. The van der Waals surface area contributed by atoms with Crippen molar-refractivity contribution < 1.29 is 17.9 Å². The van der Waals surface area contributed by atoms with Crippen molar-refractivity contribution in [3.63, 3.8) is 0 Å². The second-order valence-corrected chi connectivity index (χ2v) is 8.86. The summed E-state index contributed by atoms with van der Waals surface area (Å²) in [4.78, 5) is 16.9. The Morgan fingerprint density at radius 2 is 1.81 bits per heavy atom. The first-order chi connectivity index (χ1) is 15.4. The zero-order valence-corrected chi connectivity index (χ0v) is 19.2. The van der Waals surface area contributed by atoms with Crippen molar-refractivity contribution in [3.05, 3.63) is 66.2 Å². The van der Waals surface area contributed by atoms with Gasteiger partial charge in [-0.3, -0.25) is 4.79 Å². The zero-order chi connectivity index (χ0) is 23.1. The summed E-state index contributed by atoms with van der Waals surface area (Å²) in [6.45, 7) is 7.02. The molecule has 0 unspecified atom stereocenters. The molecule has 1 heterocycles. The summed E-state index contributed by atoms with van der Waals surface area (Å²) in [6, 6.07) is 11.6.